The Morgan fingerprint density at radius 3 is 0.850 bits per heavy atom. The first-order valence-corrected chi connectivity index (χ1v) is 15.2. The summed E-state index contributed by atoms with van der Waals surface area (Å²) in [6, 6.07) is 7.96. The first kappa shape index (κ1) is 35.5. The van der Waals surface area contributed by atoms with Gasteiger partial charge >= 0.3 is 36.8 Å². The van der Waals surface area contributed by atoms with Crippen LogP contribution in [0.3, 0.4) is 0 Å². The molecule has 234 valence electrons. The molecule has 21 heteroatoms. The van der Waals surface area contributed by atoms with Crippen molar-refractivity contribution in [1.29, 1.82) is 0 Å². The second-order valence-corrected chi connectivity index (χ2v) is 14.8. The average molecular weight is 680 g/mol. The Kier molecular flexibility index (Phi) is 7.33. The van der Waals surface area contributed by atoms with E-state index in [0.717, 1.165) is 24.3 Å². The monoisotopic (exact) mass is 680 g/mol. The van der Waals surface area contributed by atoms with Gasteiger partial charge < -0.3 is 0 Å². The van der Waals surface area contributed by atoms with Crippen LogP contribution < -0.4 is 0 Å². The van der Waals surface area contributed by atoms with E-state index in [-0.39, 0.29) is 6.07 Å². The Labute approximate surface area is 213 Å². The van der Waals surface area contributed by atoms with Gasteiger partial charge in [-0.15, -0.1) is 0 Å². The summed E-state index contributed by atoms with van der Waals surface area (Å²) in [6.45, 7) is 0. The molecule has 0 aliphatic rings. The van der Waals surface area contributed by atoms with Gasteiger partial charge in [0.1, 0.15) is 14.7 Å². The number of benzene rings is 3. The minimum absolute atomic E-state index is 0.152. The summed E-state index contributed by atoms with van der Waals surface area (Å²) in [6.07, 6.45) is -4.21. The molecule has 0 heterocycles. The van der Waals surface area contributed by atoms with Crippen molar-refractivity contribution in [2.75, 3.05) is 0 Å². The predicted octanol–water partition coefficient (Wildman–Crippen LogP) is 14.1. The fourth-order valence-corrected chi connectivity index (χ4v) is 4.38. The minimum Gasteiger partial charge on any atom is -0.166 e. The van der Waals surface area contributed by atoms with Crippen molar-refractivity contribution < 1.29 is 71.5 Å². The number of hydrogen-bond donors (Lipinski definition) is 0. The van der Waals surface area contributed by atoms with Crippen LogP contribution in [0, 0.1) is 0 Å². The van der Waals surface area contributed by atoms with Crippen LogP contribution in [0.5, 0.6) is 0 Å². The third kappa shape index (κ3) is 11.9. The van der Waals surface area contributed by atoms with Gasteiger partial charge in [0.25, 0.3) is 0 Å². The standard InChI is InChI=1S/C7H5F3.C6H4F10S2.C6H5F5S/c8-7(9,10)6-4-2-1-3-5-6;7-17(8,9,10,11)5-2-1-3-6(4-5)18(12,13,14,15)16;7-12(8,9,10,11)6-4-2-1-3-5-6/h1-5H;1-4H;1-5H. The highest BCUT2D eigenvalue weighted by atomic mass is 32.5. The Hall–Kier alpha value is -2.55. The lowest BCUT2D eigenvalue weighted by atomic mass is 10.2. The topological polar surface area (TPSA) is 0 Å². The maximum absolute atomic E-state index is 12.2. The number of alkyl halides is 3. The zero-order valence-corrected chi connectivity index (χ0v) is 21.1. The molecule has 0 unspecified atom stereocenters. The molecular weight excluding hydrogens is 666 g/mol. The summed E-state index contributed by atoms with van der Waals surface area (Å²) in [5.41, 5.74) is -0.602. The number of hydrogen-bond acceptors (Lipinski definition) is 0. The Morgan fingerprint density at radius 1 is 0.350 bits per heavy atom. The minimum atomic E-state index is -10.4. The molecule has 0 aliphatic carbocycles. The second-order valence-electron chi connectivity index (χ2n) is 7.56. The SMILES string of the molecule is FC(F)(F)c1ccccc1.FS(F)(F)(F)(F)c1cccc(S(F)(F)(F)(F)F)c1.FS(F)(F)(F)(F)c1ccccc1. The van der Waals surface area contributed by atoms with Crippen LogP contribution in [-0.4, -0.2) is 0 Å². The molecule has 0 bridgehead atoms. The van der Waals surface area contributed by atoms with E-state index < -0.39 is 75.3 Å². The molecule has 3 aromatic carbocycles. The van der Waals surface area contributed by atoms with E-state index >= 15 is 0 Å². The van der Waals surface area contributed by atoms with E-state index in [1.807, 2.05) is 0 Å². The van der Waals surface area contributed by atoms with Crippen LogP contribution in [0.1, 0.15) is 5.56 Å². The molecule has 0 amide bonds. The van der Waals surface area contributed by atoms with Crippen LogP contribution in [0.4, 0.5) is 71.5 Å². The van der Waals surface area contributed by atoms with Gasteiger partial charge in [0.15, 0.2) is 0 Å². The largest absolute Gasteiger partial charge is 0.416 e. The molecule has 0 aromatic heterocycles. The zero-order valence-electron chi connectivity index (χ0n) is 18.6. The summed E-state index contributed by atoms with van der Waals surface area (Å²) in [7, 11) is -30.3. The predicted molar refractivity (Wildman–Crippen MR) is 119 cm³/mol. The molecule has 0 saturated heterocycles. The third-order valence-corrected chi connectivity index (χ3v) is 7.44. The molecule has 0 aliphatic heterocycles. The van der Waals surface area contributed by atoms with Crippen LogP contribution in [0.15, 0.2) is 99.6 Å². The Bertz CT molecular complexity index is 1280. The third-order valence-electron chi connectivity index (χ3n) is 3.99. The van der Waals surface area contributed by atoms with Gasteiger partial charge in [0, 0.05) is 0 Å². The lowest BCUT2D eigenvalue weighted by Crippen LogP contribution is -2.10. The number of halogens is 18. The highest BCUT2D eigenvalue weighted by molar-refractivity contribution is 8.46. The first-order chi connectivity index (χ1) is 16.9. The molecular formula is C19H14F18S3. The van der Waals surface area contributed by atoms with Crippen molar-refractivity contribution >= 4 is 30.7 Å². The average Bonchev–Trinajstić information content (AvgIpc) is 2.71. The van der Waals surface area contributed by atoms with E-state index in [9.17, 15) is 71.5 Å². The maximum atomic E-state index is 12.2. The van der Waals surface area contributed by atoms with Crippen molar-refractivity contribution in [1.82, 2.24) is 0 Å². The quantitative estimate of drug-likeness (QED) is 0.242. The van der Waals surface area contributed by atoms with Crippen LogP contribution in [0.25, 0.3) is 0 Å². The van der Waals surface area contributed by atoms with Gasteiger partial charge in [-0.1, -0.05) is 113 Å². The number of rotatable bonds is 3. The van der Waals surface area contributed by atoms with Gasteiger partial charge in [-0.05, 0) is 30.3 Å². The van der Waals surface area contributed by atoms with Gasteiger partial charge in [-0.3, -0.25) is 0 Å². The molecule has 0 N–H and O–H groups in total. The summed E-state index contributed by atoms with van der Waals surface area (Å²) in [4.78, 5) is -7.88. The highest BCUT2D eigenvalue weighted by Crippen LogP contribution is 3.05. The summed E-state index contributed by atoms with van der Waals surface area (Å²) in [5, 5.41) is 0. The smallest absolute Gasteiger partial charge is 0.166 e. The maximum Gasteiger partial charge on any atom is 0.416 e. The van der Waals surface area contributed by atoms with Gasteiger partial charge in [0.2, 0.25) is 0 Å². The molecule has 0 spiro atoms. The molecule has 0 radical (unpaired) electrons. The summed E-state index contributed by atoms with van der Waals surface area (Å²) >= 11 is 0. The fraction of sp³-hybridized carbons (Fsp3) is 0.0526. The molecule has 3 aromatic rings. The summed E-state index contributed by atoms with van der Waals surface area (Å²) in [5.74, 6) is 0. The fourth-order valence-electron chi connectivity index (χ4n) is 2.26. The first-order valence-electron chi connectivity index (χ1n) is 9.39. The van der Waals surface area contributed by atoms with Crippen molar-refractivity contribution in [3.63, 3.8) is 0 Å². The van der Waals surface area contributed by atoms with Gasteiger partial charge in [-0.2, -0.15) is 13.2 Å². The molecule has 40 heavy (non-hydrogen) atoms. The van der Waals surface area contributed by atoms with Crippen molar-refractivity contribution in [2.45, 2.75) is 20.9 Å². The van der Waals surface area contributed by atoms with E-state index in [4.69, 9.17) is 0 Å². The second kappa shape index (κ2) is 8.26. The Balaban J connectivity index is 0.000000316. The molecule has 0 atom stereocenters. The van der Waals surface area contributed by atoms with Gasteiger partial charge in [-0.25, -0.2) is 0 Å². The Morgan fingerprint density at radius 2 is 0.625 bits per heavy atom. The van der Waals surface area contributed by atoms with Crippen LogP contribution >= 0.6 is 30.7 Å². The highest BCUT2D eigenvalue weighted by Gasteiger charge is 2.69. The van der Waals surface area contributed by atoms with Crippen molar-refractivity contribution in [2.24, 2.45) is 0 Å². The van der Waals surface area contributed by atoms with Crippen LogP contribution in [0.2, 0.25) is 0 Å². The van der Waals surface area contributed by atoms with E-state index in [1.165, 1.54) is 18.2 Å². The van der Waals surface area contributed by atoms with Crippen molar-refractivity contribution in [3.8, 4) is 0 Å². The molecule has 0 saturated carbocycles. The molecule has 0 nitrogen and oxygen atoms in total. The summed E-state index contributed by atoms with van der Waals surface area (Å²) < 4.78 is 217. The molecule has 0 fully saturated rings. The van der Waals surface area contributed by atoms with Gasteiger partial charge in [0.05, 0.1) is 5.56 Å². The van der Waals surface area contributed by atoms with E-state index in [2.05, 4.69) is 0 Å². The van der Waals surface area contributed by atoms with E-state index in [0.29, 0.717) is 12.1 Å². The lowest BCUT2D eigenvalue weighted by Gasteiger charge is -2.43. The van der Waals surface area contributed by atoms with E-state index in [1.54, 1.807) is 6.07 Å². The zero-order chi connectivity index (χ0) is 31.9. The normalized spacial score (nSPS) is 17.9. The van der Waals surface area contributed by atoms with Crippen LogP contribution in [-0.2, 0) is 6.18 Å². The lowest BCUT2D eigenvalue weighted by molar-refractivity contribution is -0.137. The van der Waals surface area contributed by atoms with Crippen molar-refractivity contribution in [3.05, 3.63) is 90.5 Å². The molecule has 3 rings (SSSR count).